The standard InChI is InChI=1S/C11H12N4O7.Na.H2O/c16-1-4-6(17)7(18)11(22-4,10(20)21)15-3-14-5-8(15)12-2-13-9(5)19;;/h2-4,6-7,16-18H,1H2,(H,20,21)(H,12,13,19);;1H2/q;+1;/p-1/t4-,6-,7-,11+;;/m1../s1. The maximum absolute atomic E-state index is 11.6. The van der Waals surface area contributed by atoms with Crippen LogP contribution in [0.1, 0.15) is 0 Å². The van der Waals surface area contributed by atoms with E-state index in [1.807, 2.05) is 0 Å². The van der Waals surface area contributed by atoms with Gasteiger partial charge in [-0.3, -0.25) is 9.36 Å². The fraction of sp³-hybridized carbons (Fsp3) is 0.455. The molecule has 0 spiro atoms. The molecule has 3 heterocycles. The second kappa shape index (κ2) is 7.25. The number of aliphatic carboxylic acids is 1. The van der Waals surface area contributed by atoms with E-state index >= 15 is 0 Å². The Morgan fingerprint density at radius 3 is 2.67 bits per heavy atom. The van der Waals surface area contributed by atoms with E-state index in [1.165, 1.54) is 0 Å². The number of aliphatic hydroxyl groups excluding tert-OH is 3. The van der Waals surface area contributed by atoms with E-state index in [4.69, 9.17) is 9.84 Å². The molecule has 12 nitrogen and oxygen atoms in total. The summed E-state index contributed by atoms with van der Waals surface area (Å²) in [4.78, 5) is 33.0. The van der Waals surface area contributed by atoms with Crippen molar-refractivity contribution in [3.63, 3.8) is 0 Å². The SMILES string of the molecule is O.O=C([O-])[C@@]1(n2cnc3c(=O)[nH]cnc32)O[C@H](CO)[C@@H](O)[C@H]1O.[Na+]. The van der Waals surface area contributed by atoms with Crippen LogP contribution in [0.3, 0.4) is 0 Å². The molecule has 0 bridgehead atoms. The molecule has 1 fully saturated rings. The smallest absolute Gasteiger partial charge is 0.545 e. The fourth-order valence-corrected chi connectivity index (χ4v) is 2.51. The third-order valence-electron chi connectivity index (χ3n) is 3.61. The Balaban J connectivity index is 0.00000144. The van der Waals surface area contributed by atoms with Crippen LogP contribution in [0.4, 0.5) is 0 Å². The van der Waals surface area contributed by atoms with Crippen molar-refractivity contribution in [2.24, 2.45) is 0 Å². The van der Waals surface area contributed by atoms with E-state index in [0.29, 0.717) is 0 Å². The molecule has 1 aliphatic rings. The van der Waals surface area contributed by atoms with E-state index in [1.54, 1.807) is 0 Å². The summed E-state index contributed by atoms with van der Waals surface area (Å²) in [5, 5.41) is 40.7. The molecule has 3 rings (SSSR count). The summed E-state index contributed by atoms with van der Waals surface area (Å²) in [7, 11) is 0. The number of rotatable bonds is 3. The van der Waals surface area contributed by atoms with Gasteiger partial charge in [0.05, 0.1) is 18.9 Å². The topological polar surface area (TPSA) is 205 Å². The number of nitrogens with one attached hydrogen (secondary N) is 1. The number of aliphatic hydroxyl groups is 3. The molecule has 24 heavy (non-hydrogen) atoms. The van der Waals surface area contributed by atoms with Crippen molar-refractivity contribution >= 4 is 17.1 Å². The summed E-state index contributed by atoms with van der Waals surface area (Å²) in [6.07, 6.45) is -3.05. The Hall–Kier alpha value is -1.38. The van der Waals surface area contributed by atoms with Crippen LogP contribution in [0.15, 0.2) is 17.4 Å². The number of hydrogen-bond acceptors (Lipinski definition) is 9. The van der Waals surface area contributed by atoms with Crippen molar-refractivity contribution in [1.29, 1.82) is 0 Å². The molecule has 2 aromatic rings. The number of aromatic amines is 1. The van der Waals surface area contributed by atoms with E-state index < -0.39 is 42.2 Å². The first-order chi connectivity index (χ1) is 10.4. The molecule has 13 heteroatoms. The van der Waals surface area contributed by atoms with Gasteiger partial charge in [0, 0.05) is 0 Å². The first kappa shape index (κ1) is 20.7. The number of imidazole rings is 1. The molecular weight excluding hydrogens is 339 g/mol. The minimum atomic E-state index is -2.57. The molecule has 0 amide bonds. The summed E-state index contributed by atoms with van der Waals surface area (Å²) in [5.74, 6) is -1.88. The monoisotopic (exact) mass is 352 g/mol. The van der Waals surface area contributed by atoms with Crippen LogP contribution < -0.4 is 40.2 Å². The van der Waals surface area contributed by atoms with Gasteiger partial charge in [0.2, 0.25) is 5.72 Å². The minimum absolute atomic E-state index is 0. The number of H-pyrrole nitrogens is 1. The normalized spacial score (nSPS) is 29.0. The zero-order valence-electron chi connectivity index (χ0n) is 12.4. The predicted octanol–water partition coefficient (Wildman–Crippen LogP) is -8.19. The average Bonchev–Trinajstić information content (AvgIpc) is 3.02. The zero-order valence-corrected chi connectivity index (χ0v) is 14.4. The van der Waals surface area contributed by atoms with E-state index in [9.17, 15) is 24.9 Å². The number of aromatic nitrogens is 4. The van der Waals surface area contributed by atoms with E-state index in [2.05, 4.69) is 15.0 Å². The van der Waals surface area contributed by atoms with Crippen LogP contribution in [-0.4, -0.2) is 71.2 Å². The number of carboxylic acids is 1. The third kappa shape index (κ3) is 2.66. The summed E-state index contributed by atoms with van der Waals surface area (Å²) in [6.45, 7) is -0.728. The minimum Gasteiger partial charge on any atom is -0.545 e. The van der Waals surface area contributed by atoms with Crippen LogP contribution in [0, 0.1) is 0 Å². The van der Waals surface area contributed by atoms with Crippen molar-refractivity contribution in [3.05, 3.63) is 23.0 Å². The maximum atomic E-state index is 11.6. The second-order valence-corrected chi connectivity index (χ2v) is 4.78. The van der Waals surface area contributed by atoms with Crippen molar-refractivity contribution in [2.75, 3.05) is 6.61 Å². The molecule has 0 unspecified atom stereocenters. The third-order valence-corrected chi connectivity index (χ3v) is 3.61. The molecule has 0 saturated carbocycles. The first-order valence-electron chi connectivity index (χ1n) is 6.21. The largest absolute Gasteiger partial charge is 1.00 e. The fourth-order valence-electron chi connectivity index (χ4n) is 2.51. The quantitative estimate of drug-likeness (QED) is 0.386. The second-order valence-electron chi connectivity index (χ2n) is 4.78. The van der Waals surface area contributed by atoms with Gasteiger partial charge in [0.15, 0.2) is 11.2 Å². The number of carbonyl (C=O) groups excluding carboxylic acids is 1. The number of carboxylic acid groups (broad SMARTS) is 1. The summed E-state index contributed by atoms with van der Waals surface area (Å²) in [6, 6.07) is 0. The molecule has 2 aromatic heterocycles. The number of fused-ring (bicyclic) bond motifs is 1. The van der Waals surface area contributed by atoms with Crippen molar-refractivity contribution < 1.29 is 65.0 Å². The molecule has 4 atom stereocenters. The van der Waals surface area contributed by atoms with Gasteiger partial charge < -0.3 is 40.4 Å². The van der Waals surface area contributed by atoms with Gasteiger partial charge in [-0.1, -0.05) is 0 Å². The van der Waals surface area contributed by atoms with Crippen molar-refractivity contribution in [1.82, 2.24) is 19.5 Å². The number of nitrogens with zero attached hydrogens (tertiary/aromatic N) is 3. The Morgan fingerprint density at radius 1 is 1.46 bits per heavy atom. The van der Waals surface area contributed by atoms with Crippen LogP contribution in [0.25, 0.3) is 11.2 Å². The summed E-state index contributed by atoms with van der Waals surface area (Å²) in [5.41, 5.74) is -3.55. The first-order valence-corrected chi connectivity index (χ1v) is 6.21. The number of carbonyl (C=O) groups is 1. The molecule has 0 aromatic carbocycles. The number of hydrogen-bond donors (Lipinski definition) is 4. The van der Waals surface area contributed by atoms with Gasteiger partial charge in [0.1, 0.15) is 24.6 Å². The van der Waals surface area contributed by atoms with Crippen LogP contribution in [-0.2, 0) is 15.3 Å². The van der Waals surface area contributed by atoms with Gasteiger partial charge >= 0.3 is 29.6 Å². The van der Waals surface area contributed by atoms with E-state index in [0.717, 1.165) is 17.2 Å². The van der Waals surface area contributed by atoms with Gasteiger partial charge in [0.25, 0.3) is 5.56 Å². The van der Waals surface area contributed by atoms with Crippen molar-refractivity contribution in [3.8, 4) is 0 Å². The predicted molar refractivity (Wildman–Crippen MR) is 68.7 cm³/mol. The molecule has 126 valence electrons. The molecule has 1 aliphatic heterocycles. The van der Waals surface area contributed by atoms with Crippen LogP contribution in [0.5, 0.6) is 0 Å². The summed E-state index contributed by atoms with van der Waals surface area (Å²) < 4.78 is 5.92. The zero-order chi connectivity index (χ0) is 16.1. The Labute approximate surface area is 155 Å². The molecule has 6 N–H and O–H groups in total. The average molecular weight is 352 g/mol. The maximum Gasteiger partial charge on any atom is 1.00 e. The Bertz CT molecular complexity index is 794. The summed E-state index contributed by atoms with van der Waals surface area (Å²) >= 11 is 0. The van der Waals surface area contributed by atoms with Gasteiger partial charge in [-0.2, -0.15) is 0 Å². The Kier molecular flexibility index (Phi) is 6.24. The van der Waals surface area contributed by atoms with Crippen LogP contribution >= 0.6 is 0 Å². The van der Waals surface area contributed by atoms with Gasteiger partial charge in [-0.25, -0.2) is 9.97 Å². The van der Waals surface area contributed by atoms with Gasteiger partial charge in [-0.05, 0) is 0 Å². The number of ether oxygens (including phenoxy) is 1. The molecule has 0 radical (unpaired) electrons. The van der Waals surface area contributed by atoms with Gasteiger partial charge in [-0.15, -0.1) is 0 Å². The molecular formula is C11H13N4NaO8. The Morgan fingerprint density at radius 2 is 2.12 bits per heavy atom. The molecule has 0 aliphatic carbocycles. The van der Waals surface area contributed by atoms with Crippen LogP contribution in [0.2, 0.25) is 0 Å². The molecule has 1 saturated heterocycles. The van der Waals surface area contributed by atoms with E-state index in [-0.39, 0.29) is 46.2 Å². The van der Waals surface area contributed by atoms with Crippen molar-refractivity contribution in [2.45, 2.75) is 24.0 Å².